The monoisotopic (exact) mass is 284 g/mol. The second-order valence-corrected chi connectivity index (χ2v) is 5.19. The van der Waals surface area contributed by atoms with Crippen LogP contribution in [0.1, 0.15) is 26.2 Å². The minimum absolute atomic E-state index is 0.115. The maximum absolute atomic E-state index is 9.24. The van der Waals surface area contributed by atoms with Crippen molar-refractivity contribution in [3.63, 3.8) is 0 Å². The Labute approximate surface area is 87.8 Å². The molecule has 1 aliphatic heterocycles. The van der Waals surface area contributed by atoms with Gasteiger partial charge in [0, 0.05) is 41.5 Å². The predicted molar refractivity (Wildman–Crippen MR) is 58.0 cm³/mol. The lowest BCUT2D eigenvalue weighted by Gasteiger charge is -2.37. The van der Waals surface area contributed by atoms with Gasteiger partial charge in [-0.3, -0.25) is 0 Å². The van der Waals surface area contributed by atoms with Crippen molar-refractivity contribution in [1.82, 2.24) is 3.11 Å². The summed E-state index contributed by atoms with van der Waals surface area (Å²) in [5.41, 5.74) is 6.02. The SMILES string of the molecule is CC(O)CC1(N)CCN(I)CC1. The van der Waals surface area contributed by atoms with Gasteiger partial charge < -0.3 is 10.8 Å². The van der Waals surface area contributed by atoms with Gasteiger partial charge in [0.05, 0.1) is 6.10 Å². The standard InChI is InChI=1S/C8H17IN2O/c1-7(12)6-8(10)2-4-11(9)5-3-8/h7,12H,2-6,10H2,1H3. The van der Waals surface area contributed by atoms with Gasteiger partial charge in [0.15, 0.2) is 0 Å². The van der Waals surface area contributed by atoms with Crippen LogP contribution in [-0.4, -0.2) is 33.0 Å². The first kappa shape index (κ1) is 10.7. The van der Waals surface area contributed by atoms with Gasteiger partial charge in [-0.2, -0.15) is 0 Å². The second-order valence-electron chi connectivity index (χ2n) is 3.83. The zero-order valence-electron chi connectivity index (χ0n) is 7.46. The Balaban J connectivity index is 2.39. The number of aliphatic hydroxyl groups excluding tert-OH is 1. The molecule has 1 saturated heterocycles. The summed E-state index contributed by atoms with van der Waals surface area (Å²) >= 11 is 2.32. The van der Waals surface area contributed by atoms with E-state index >= 15 is 0 Å². The Bertz CT molecular complexity index is 144. The molecular formula is C8H17IN2O. The molecule has 0 radical (unpaired) electrons. The minimum Gasteiger partial charge on any atom is -0.393 e. The van der Waals surface area contributed by atoms with E-state index in [1.165, 1.54) is 0 Å². The summed E-state index contributed by atoms with van der Waals surface area (Å²) < 4.78 is 2.25. The van der Waals surface area contributed by atoms with Crippen molar-refractivity contribution in [2.45, 2.75) is 37.8 Å². The van der Waals surface area contributed by atoms with Crippen molar-refractivity contribution in [1.29, 1.82) is 0 Å². The van der Waals surface area contributed by atoms with E-state index in [0.717, 1.165) is 32.4 Å². The Morgan fingerprint density at radius 1 is 1.58 bits per heavy atom. The van der Waals surface area contributed by atoms with Crippen LogP contribution in [0, 0.1) is 0 Å². The number of aliphatic hydroxyl groups is 1. The van der Waals surface area contributed by atoms with E-state index in [-0.39, 0.29) is 11.6 Å². The van der Waals surface area contributed by atoms with Crippen molar-refractivity contribution in [3.05, 3.63) is 0 Å². The molecular weight excluding hydrogens is 267 g/mol. The van der Waals surface area contributed by atoms with Crippen molar-refractivity contribution >= 4 is 22.9 Å². The molecule has 1 heterocycles. The highest BCUT2D eigenvalue weighted by atomic mass is 127. The number of nitrogens with zero attached hydrogens (tertiary/aromatic N) is 1. The molecule has 0 spiro atoms. The first-order valence-electron chi connectivity index (χ1n) is 4.39. The third-order valence-electron chi connectivity index (χ3n) is 2.41. The van der Waals surface area contributed by atoms with Crippen LogP contribution in [0.2, 0.25) is 0 Å². The van der Waals surface area contributed by atoms with Crippen molar-refractivity contribution < 1.29 is 5.11 Å². The van der Waals surface area contributed by atoms with Gasteiger partial charge in [-0.15, -0.1) is 0 Å². The Morgan fingerprint density at radius 2 is 2.08 bits per heavy atom. The van der Waals surface area contributed by atoms with Gasteiger partial charge >= 0.3 is 0 Å². The Morgan fingerprint density at radius 3 is 2.50 bits per heavy atom. The molecule has 4 heteroatoms. The summed E-state index contributed by atoms with van der Waals surface area (Å²) in [6.45, 7) is 3.90. The van der Waals surface area contributed by atoms with Gasteiger partial charge in [-0.05, 0) is 26.2 Å². The third-order valence-corrected chi connectivity index (χ3v) is 3.37. The molecule has 3 N–H and O–H groups in total. The molecule has 0 aliphatic carbocycles. The molecule has 1 rings (SSSR count). The van der Waals surface area contributed by atoms with Crippen LogP contribution in [0.4, 0.5) is 0 Å². The molecule has 0 aromatic carbocycles. The lowest BCUT2D eigenvalue weighted by molar-refractivity contribution is 0.125. The second kappa shape index (κ2) is 4.21. The highest BCUT2D eigenvalue weighted by Gasteiger charge is 2.30. The van der Waals surface area contributed by atoms with Gasteiger partial charge in [-0.1, -0.05) is 0 Å². The van der Waals surface area contributed by atoms with Crippen LogP contribution in [0.5, 0.6) is 0 Å². The van der Waals surface area contributed by atoms with Gasteiger partial charge in [0.25, 0.3) is 0 Å². The normalized spacial score (nSPS) is 27.0. The fourth-order valence-corrected chi connectivity index (χ4v) is 2.20. The lowest BCUT2D eigenvalue weighted by Crippen LogP contribution is -2.49. The number of halogens is 1. The third kappa shape index (κ3) is 3.16. The average molecular weight is 284 g/mol. The van der Waals surface area contributed by atoms with Gasteiger partial charge in [0.1, 0.15) is 0 Å². The van der Waals surface area contributed by atoms with Crippen molar-refractivity contribution in [3.8, 4) is 0 Å². The van der Waals surface area contributed by atoms with Crippen LogP contribution in [-0.2, 0) is 0 Å². The molecule has 1 fully saturated rings. The summed E-state index contributed by atoms with van der Waals surface area (Å²) in [6.07, 6.45) is 2.47. The highest BCUT2D eigenvalue weighted by molar-refractivity contribution is 14.1. The summed E-state index contributed by atoms with van der Waals surface area (Å²) in [5.74, 6) is 0. The van der Waals surface area contributed by atoms with Crippen LogP contribution in [0.25, 0.3) is 0 Å². The predicted octanol–water partition coefficient (Wildman–Crippen LogP) is 0.901. The number of rotatable bonds is 2. The summed E-state index contributed by atoms with van der Waals surface area (Å²) in [6, 6.07) is 0. The molecule has 0 amide bonds. The maximum Gasteiger partial charge on any atom is 0.0529 e. The molecule has 12 heavy (non-hydrogen) atoms. The van der Waals surface area contributed by atoms with Crippen LogP contribution in [0.3, 0.4) is 0 Å². The molecule has 3 nitrogen and oxygen atoms in total. The molecule has 1 aliphatic rings. The molecule has 0 bridgehead atoms. The number of nitrogens with two attached hydrogens (primary N) is 1. The minimum atomic E-state index is -0.268. The average Bonchev–Trinajstić information content (AvgIpc) is 1.94. The quantitative estimate of drug-likeness (QED) is 0.585. The zero-order valence-corrected chi connectivity index (χ0v) is 9.62. The van der Waals surface area contributed by atoms with E-state index in [2.05, 4.69) is 26.0 Å². The van der Waals surface area contributed by atoms with E-state index in [1.54, 1.807) is 0 Å². The maximum atomic E-state index is 9.24. The fourth-order valence-electron chi connectivity index (χ4n) is 1.72. The van der Waals surface area contributed by atoms with Crippen LogP contribution < -0.4 is 5.73 Å². The zero-order chi connectivity index (χ0) is 9.19. The first-order chi connectivity index (χ1) is 5.52. The molecule has 1 atom stereocenters. The summed E-state index contributed by atoms with van der Waals surface area (Å²) in [7, 11) is 0. The summed E-state index contributed by atoms with van der Waals surface area (Å²) in [5, 5.41) is 9.24. The van der Waals surface area contributed by atoms with E-state index in [1.807, 2.05) is 6.92 Å². The smallest absolute Gasteiger partial charge is 0.0529 e. The topological polar surface area (TPSA) is 49.5 Å². The molecule has 72 valence electrons. The molecule has 0 aromatic rings. The number of piperidine rings is 1. The van der Waals surface area contributed by atoms with Crippen molar-refractivity contribution in [2.24, 2.45) is 5.73 Å². The van der Waals surface area contributed by atoms with Gasteiger partial charge in [-0.25, -0.2) is 3.11 Å². The lowest BCUT2D eigenvalue weighted by atomic mass is 9.84. The van der Waals surface area contributed by atoms with Crippen LogP contribution in [0.15, 0.2) is 0 Å². The van der Waals surface area contributed by atoms with E-state index in [9.17, 15) is 5.11 Å². The molecule has 0 aromatic heterocycles. The van der Waals surface area contributed by atoms with E-state index in [0.29, 0.717) is 0 Å². The number of hydrogen-bond donors (Lipinski definition) is 2. The molecule has 1 unspecified atom stereocenters. The number of hydrogen-bond acceptors (Lipinski definition) is 3. The van der Waals surface area contributed by atoms with Crippen molar-refractivity contribution in [2.75, 3.05) is 13.1 Å². The highest BCUT2D eigenvalue weighted by Crippen LogP contribution is 2.25. The summed E-state index contributed by atoms with van der Waals surface area (Å²) in [4.78, 5) is 0. The Hall–Kier alpha value is 0.610. The fraction of sp³-hybridized carbons (Fsp3) is 1.00. The van der Waals surface area contributed by atoms with E-state index < -0.39 is 0 Å². The molecule has 0 saturated carbocycles. The van der Waals surface area contributed by atoms with E-state index in [4.69, 9.17) is 5.73 Å². The van der Waals surface area contributed by atoms with Crippen LogP contribution >= 0.6 is 22.9 Å². The Kier molecular flexibility index (Phi) is 3.75. The largest absolute Gasteiger partial charge is 0.393 e. The van der Waals surface area contributed by atoms with Gasteiger partial charge in [0.2, 0.25) is 0 Å². The first-order valence-corrected chi connectivity index (χ1v) is 5.36.